The minimum atomic E-state index is 0.788. The molecule has 0 saturated heterocycles. The van der Waals surface area contributed by atoms with Crippen molar-refractivity contribution in [1.82, 2.24) is 20.3 Å². The molecule has 18 heavy (non-hydrogen) atoms. The average molecular weight is 244 g/mol. The Labute approximate surface area is 108 Å². The summed E-state index contributed by atoms with van der Waals surface area (Å²) in [7, 11) is 0. The number of hydrogen-bond donors (Lipinski definition) is 1. The maximum atomic E-state index is 4.44. The summed E-state index contributed by atoms with van der Waals surface area (Å²) >= 11 is 0. The Morgan fingerprint density at radius 2 is 2.00 bits per heavy atom. The molecule has 1 aromatic carbocycles. The second kappa shape index (κ2) is 6.91. The molecule has 0 spiro atoms. The first kappa shape index (κ1) is 12.8. The van der Waals surface area contributed by atoms with Crippen LogP contribution in [0.25, 0.3) is 5.69 Å². The van der Waals surface area contributed by atoms with E-state index in [-0.39, 0.29) is 0 Å². The number of nitrogens with zero attached hydrogens (tertiary/aromatic N) is 3. The molecule has 0 amide bonds. The van der Waals surface area contributed by atoms with Crippen LogP contribution in [0, 0.1) is 0 Å². The second-order valence-corrected chi connectivity index (χ2v) is 4.34. The summed E-state index contributed by atoms with van der Waals surface area (Å²) in [6.45, 7) is 4.05. The Morgan fingerprint density at radius 1 is 1.17 bits per heavy atom. The van der Waals surface area contributed by atoms with Gasteiger partial charge in [-0.1, -0.05) is 38.0 Å². The van der Waals surface area contributed by atoms with Crippen LogP contribution in [0.5, 0.6) is 0 Å². The van der Waals surface area contributed by atoms with Gasteiger partial charge in [-0.05, 0) is 25.1 Å². The lowest BCUT2D eigenvalue weighted by Crippen LogP contribution is -2.15. The predicted octanol–water partition coefficient (Wildman–Crippen LogP) is 2.55. The van der Waals surface area contributed by atoms with E-state index in [4.69, 9.17) is 0 Å². The quantitative estimate of drug-likeness (QED) is 0.761. The fourth-order valence-electron chi connectivity index (χ4n) is 1.78. The summed E-state index contributed by atoms with van der Waals surface area (Å²) in [4.78, 5) is 1.67. The van der Waals surface area contributed by atoms with Gasteiger partial charge >= 0.3 is 0 Å². The van der Waals surface area contributed by atoms with Crippen LogP contribution >= 0.6 is 0 Å². The first-order valence-electron chi connectivity index (χ1n) is 6.57. The third-order valence-corrected chi connectivity index (χ3v) is 2.79. The molecule has 4 nitrogen and oxygen atoms in total. The Kier molecular flexibility index (Phi) is 4.90. The fourth-order valence-corrected chi connectivity index (χ4v) is 1.78. The molecule has 4 heteroatoms. The van der Waals surface area contributed by atoms with Crippen molar-refractivity contribution in [2.75, 3.05) is 6.54 Å². The van der Waals surface area contributed by atoms with Gasteiger partial charge in [-0.3, -0.25) is 0 Å². The van der Waals surface area contributed by atoms with E-state index in [0.717, 1.165) is 24.5 Å². The second-order valence-electron chi connectivity index (χ2n) is 4.34. The van der Waals surface area contributed by atoms with Crippen molar-refractivity contribution in [3.8, 4) is 5.69 Å². The molecule has 1 heterocycles. The zero-order chi connectivity index (χ0) is 12.6. The van der Waals surface area contributed by atoms with Crippen molar-refractivity contribution in [2.45, 2.75) is 32.7 Å². The van der Waals surface area contributed by atoms with Crippen molar-refractivity contribution >= 4 is 0 Å². The van der Waals surface area contributed by atoms with Gasteiger partial charge < -0.3 is 5.32 Å². The molecule has 0 atom stereocenters. The number of unbranched alkanes of at least 4 members (excludes halogenated alkanes) is 2. The van der Waals surface area contributed by atoms with Crippen LogP contribution in [0.3, 0.4) is 0 Å². The van der Waals surface area contributed by atoms with Crippen LogP contribution in [-0.2, 0) is 6.54 Å². The van der Waals surface area contributed by atoms with Gasteiger partial charge in [0.05, 0.1) is 17.6 Å². The smallest absolute Gasteiger partial charge is 0.0969 e. The van der Waals surface area contributed by atoms with Gasteiger partial charge in [0.2, 0.25) is 0 Å². The fraction of sp³-hybridized carbons (Fsp3) is 0.429. The zero-order valence-corrected chi connectivity index (χ0v) is 10.8. The molecule has 0 radical (unpaired) electrons. The summed E-state index contributed by atoms with van der Waals surface area (Å²) in [5, 5.41) is 12.1. The Balaban J connectivity index is 1.83. The highest BCUT2D eigenvalue weighted by atomic mass is 15.5. The molecule has 2 rings (SSSR count). The monoisotopic (exact) mass is 244 g/mol. The topological polar surface area (TPSA) is 42.7 Å². The highest BCUT2D eigenvalue weighted by molar-refractivity contribution is 5.28. The Hall–Kier alpha value is -1.68. The van der Waals surface area contributed by atoms with Crippen molar-refractivity contribution < 1.29 is 0 Å². The van der Waals surface area contributed by atoms with Crippen LogP contribution in [0.1, 0.15) is 31.9 Å². The maximum absolute atomic E-state index is 4.44. The number of rotatable bonds is 7. The largest absolute Gasteiger partial charge is 0.311 e. The maximum Gasteiger partial charge on any atom is 0.0969 e. The number of benzene rings is 1. The minimum absolute atomic E-state index is 0.788. The van der Waals surface area contributed by atoms with E-state index in [2.05, 4.69) is 22.4 Å². The van der Waals surface area contributed by atoms with Gasteiger partial charge in [0, 0.05) is 6.54 Å². The highest BCUT2D eigenvalue weighted by Crippen LogP contribution is 2.04. The number of hydrogen-bond acceptors (Lipinski definition) is 3. The van der Waals surface area contributed by atoms with E-state index in [1.807, 2.05) is 36.5 Å². The molecular formula is C14H20N4. The molecule has 0 bridgehead atoms. The van der Waals surface area contributed by atoms with Gasteiger partial charge in [0.25, 0.3) is 0 Å². The SMILES string of the molecule is CCCCCNCc1cnn(-c2ccccc2)n1. The van der Waals surface area contributed by atoms with Crippen LogP contribution in [-0.4, -0.2) is 21.5 Å². The number of para-hydroxylation sites is 1. The lowest BCUT2D eigenvalue weighted by molar-refractivity contribution is 0.606. The van der Waals surface area contributed by atoms with E-state index in [9.17, 15) is 0 Å². The van der Waals surface area contributed by atoms with E-state index in [1.165, 1.54) is 19.3 Å². The molecule has 0 aliphatic heterocycles. The van der Waals surface area contributed by atoms with Crippen molar-refractivity contribution in [3.05, 3.63) is 42.2 Å². The van der Waals surface area contributed by atoms with E-state index < -0.39 is 0 Å². The molecule has 2 aromatic rings. The molecule has 0 saturated carbocycles. The van der Waals surface area contributed by atoms with E-state index >= 15 is 0 Å². The van der Waals surface area contributed by atoms with Crippen LogP contribution in [0.15, 0.2) is 36.5 Å². The van der Waals surface area contributed by atoms with E-state index in [0.29, 0.717) is 0 Å². The number of aromatic nitrogens is 3. The molecule has 0 aliphatic carbocycles. The van der Waals surface area contributed by atoms with Crippen molar-refractivity contribution in [3.63, 3.8) is 0 Å². The lowest BCUT2D eigenvalue weighted by atomic mass is 10.2. The summed E-state index contributed by atoms with van der Waals surface area (Å²) in [5.41, 5.74) is 1.98. The van der Waals surface area contributed by atoms with Gasteiger partial charge in [-0.2, -0.15) is 15.0 Å². The molecule has 1 aromatic heterocycles. The summed E-state index contributed by atoms with van der Waals surface area (Å²) in [5.74, 6) is 0. The first-order valence-corrected chi connectivity index (χ1v) is 6.57. The Morgan fingerprint density at radius 3 is 2.78 bits per heavy atom. The molecule has 0 unspecified atom stereocenters. The van der Waals surface area contributed by atoms with Gasteiger partial charge in [0.1, 0.15) is 0 Å². The molecular weight excluding hydrogens is 224 g/mol. The minimum Gasteiger partial charge on any atom is -0.311 e. The van der Waals surface area contributed by atoms with Crippen LogP contribution in [0.2, 0.25) is 0 Å². The normalized spacial score (nSPS) is 10.7. The molecule has 1 N–H and O–H groups in total. The molecule has 0 aliphatic rings. The lowest BCUT2D eigenvalue weighted by Gasteiger charge is -2.01. The molecule has 96 valence electrons. The third-order valence-electron chi connectivity index (χ3n) is 2.79. The number of nitrogens with one attached hydrogen (secondary N) is 1. The summed E-state index contributed by atoms with van der Waals surface area (Å²) in [6.07, 6.45) is 5.58. The predicted molar refractivity (Wildman–Crippen MR) is 72.6 cm³/mol. The van der Waals surface area contributed by atoms with Crippen LogP contribution in [0.4, 0.5) is 0 Å². The van der Waals surface area contributed by atoms with Gasteiger partial charge in [0.15, 0.2) is 0 Å². The van der Waals surface area contributed by atoms with E-state index in [1.54, 1.807) is 4.80 Å². The highest BCUT2D eigenvalue weighted by Gasteiger charge is 2.01. The zero-order valence-electron chi connectivity index (χ0n) is 10.8. The third kappa shape index (κ3) is 3.67. The summed E-state index contributed by atoms with van der Waals surface area (Å²) in [6, 6.07) is 9.96. The van der Waals surface area contributed by atoms with Gasteiger partial charge in [-0.15, -0.1) is 0 Å². The van der Waals surface area contributed by atoms with Crippen molar-refractivity contribution in [2.24, 2.45) is 0 Å². The Bertz CT molecular complexity index is 450. The average Bonchev–Trinajstić information content (AvgIpc) is 2.88. The first-order chi connectivity index (χ1) is 8.90. The summed E-state index contributed by atoms with van der Waals surface area (Å²) < 4.78 is 0. The van der Waals surface area contributed by atoms with Gasteiger partial charge in [-0.25, -0.2) is 0 Å². The molecule has 0 fully saturated rings. The standard InChI is InChI=1S/C14H20N4/c1-2-3-7-10-15-11-13-12-16-18(17-13)14-8-5-4-6-9-14/h4-6,8-9,12,15H,2-3,7,10-11H2,1H3. The van der Waals surface area contributed by atoms with Crippen molar-refractivity contribution in [1.29, 1.82) is 0 Å². The van der Waals surface area contributed by atoms with Crippen LogP contribution < -0.4 is 5.32 Å².